The Bertz CT molecular complexity index is 931. The molecule has 0 bridgehead atoms. The molecule has 1 aliphatic carbocycles. The number of alkyl halides is 3. The van der Waals surface area contributed by atoms with E-state index >= 15 is 0 Å². The second-order valence-corrected chi connectivity index (χ2v) is 5.95. The predicted molar refractivity (Wildman–Crippen MR) is 90.7 cm³/mol. The van der Waals surface area contributed by atoms with Gasteiger partial charge in [-0.05, 0) is 29.7 Å². The van der Waals surface area contributed by atoms with E-state index in [0.717, 1.165) is 22.9 Å². The van der Waals surface area contributed by atoms with Crippen molar-refractivity contribution in [1.29, 1.82) is 0 Å². The van der Waals surface area contributed by atoms with Gasteiger partial charge in [-0.2, -0.15) is 13.2 Å². The number of aliphatic imine (C=N–C) groups is 1. The van der Waals surface area contributed by atoms with Gasteiger partial charge in [-0.25, -0.2) is 4.99 Å². The number of anilines is 1. The third-order valence-electron chi connectivity index (χ3n) is 4.23. The van der Waals surface area contributed by atoms with Gasteiger partial charge in [0.15, 0.2) is 5.96 Å². The van der Waals surface area contributed by atoms with E-state index in [-0.39, 0.29) is 11.8 Å². The number of aromatic hydroxyl groups is 1. The lowest BCUT2D eigenvalue weighted by Crippen LogP contribution is -2.37. The van der Waals surface area contributed by atoms with Gasteiger partial charge in [0.2, 0.25) is 0 Å². The number of benzene rings is 2. The summed E-state index contributed by atoms with van der Waals surface area (Å²) in [6, 6.07) is 9.68. The van der Waals surface area contributed by atoms with Gasteiger partial charge in [0.1, 0.15) is 5.75 Å². The van der Waals surface area contributed by atoms with Crippen LogP contribution < -0.4 is 10.6 Å². The number of fused-ring (bicyclic) bond motifs is 2. The van der Waals surface area contributed by atoms with Crippen molar-refractivity contribution in [2.75, 3.05) is 5.32 Å². The average molecular weight is 345 g/mol. The fourth-order valence-electron chi connectivity index (χ4n) is 3.02. The topological polar surface area (TPSA) is 56.6 Å². The largest absolute Gasteiger partial charge is 0.508 e. The summed E-state index contributed by atoms with van der Waals surface area (Å²) in [5.41, 5.74) is 0.0371. The summed E-state index contributed by atoms with van der Waals surface area (Å²) in [4.78, 5) is 4.38. The molecular weight excluding hydrogens is 331 g/mol. The summed E-state index contributed by atoms with van der Waals surface area (Å²) in [5, 5.41) is 17.5. The number of rotatable bonds is 1. The summed E-state index contributed by atoms with van der Waals surface area (Å²) in [5.74, 6) is 0.535. The van der Waals surface area contributed by atoms with Crippen molar-refractivity contribution < 1.29 is 18.3 Å². The Labute approximate surface area is 141 Å². The van der Waals surface area contributed by atoms with Gasteiger partial charge in [0.25, 0.3) is 0 Å². The van der Waals surface area contributed by atoms with Crippen molar-refractivity contribution in [2.24, 2.45) is 4.99 Å². The van der Waals surface area contributed by atoms with E-state index in [4.69, 9.17) is 0 Å². The fourth-order valence-corrected chi connectivity index (χ4v) is 3.02. The van der Waals surface area contributed by atoms with E-state index in [9.17, 15) is 18.3 Å². The highest BCUT2D eigenvalue weighted by Gasteiger charge is 2.37. The van der Waals surface area contributed by atoms with Crippen LogP contribution in [0.5, 0.6) is 5.75 Å². The zero-order chi connectivity index (χ0) is 17.6. The summed E-state index contributed by atoms with van der Waals surface area (Å²) in [7, 11) is 0. The molecule has 1 aliphatic heterocycles. The van der Waals surface area contributed by atoms with E-state index in [0.29, 0.717) is 11.6 Å². The molecule has 2 aromatic rings. The van der Waals surface area contributed by atoms with E-state index in [1.807, 2.05) is 18.2 Å². The van der Waals surface area contributed by atoms with Gasteiger partial charge < -0.3 is 15.7 Å². The average Bonchev–Trinajstić information content (AvgIpc) is 2.96. The third kappa shape index (κ3) is 2.93. The first kappa shape index (κ1) is 15.6. The van der Waals surface area contributed by atoms with Crippen LogP contribution in [0.4, 0.5) is 18.9 Å². The monoisotopic (exact) mass is 345 g/mol. The van der Waals surface area contributed by atoms with E-state index in [2.05, 4.69) is 15.6 Å². The fraction of sp³-hybridized carbons (Fsp3) is 0.167. The summed E-state index contributed by atoms with van der Waals surface area (Å²) in [6.07, 6.45) is -0.709. The first-order valence-electron chi connectivity index (χ1n) is 7.70. The lowest BCUT2D eigenvalue weighted by atomic mass is 9.99. The minimum absolute atomic E-state index is 0.137. The molecule has 0 saturated carbocycles. The van der Waals surface area contributed by atoms with Crippen LogP contribution in [0.2, 0.25) is 0 Å². The molecule has 0 radical (unpaired) electrons. The molecule has 2 atom stereocenters. The molecule has 3 N–H and O–H groups in total. The molecule has 25 heavy (non-hydrogen) atoms. The summed E-state index contributed by atoms with van der Waals surface area (Å²) >= 11 is 0. The molecule has 128 valence electrons. The second kappa shape index (κ2) is 5.54. The van der Waals surface area contributed by atoms with Crippen LogP contribution in [0.1, 0.15) is 0 Å². The highest BCUT2D eigenvalue weighted by atomic mass is 19.4. The molecule has 4 nitrogen and oxygen atoms in total. The molecule has 7 heteroatoms. The lowest BCUT2D eigenvalue weighted by Gasteiger charge is -2.19. The normalized spacial score (nSPS) is 22.2. The Morgan fingerprint density at radius 3 is 2.80 bits per heavy atom. The van der Waals surface area contributed by atoms with Crippen molar-refractivity contribution in [3.63, 3.8) is 0 Å². The molecule has 0 saturated heterocycles. The van der Waals surface area contributed by atoms with Crippen LogP contribution in [0.15, 0.2) is 65.2 Å². The predicted octanol–water partition coefficient (Wildman–Crippen LogP) is 3.71. The zero-order valence-corrected chi connectivity index (χ0v) is 12.9. The maximum absolute atomic E-state index is 12.8. The van der Waals surface area contributed by atoms with E-state index < -0.39 is 17.8 Å². The Morgan fingerprint density at radius 1 is 1.16 bits per heavy atom. The number of hydrogen-bond donors (Lipinski definition) is 3. The Balaban J connectivity index is 1.59. The number of phenols is 1. The summed E-state index contributed by atoms with van der Waals surface area (Å²) < 4.78 is 38.5. The van der Waals surface area contributed by atoms with Gasteiger partial charge in [0, 0.05) is 11.1 Å². The van der Waals surface area contributed by atoms with Gasteiger partial charge in [0.05, 0.1) is 17.7 Å². The van der Waals surface area contributed by atoms with Crippen molar-refractivity contribution in [3.8, 4) is 5.75 Å². The molecule has 0 spiro atoms. The summed E-state index contributed by atoms with van der Waals surface area (Å²) in [6.45, 7) is 0. The van der Waals surface area contributed by atoms with E-state index in [1.165, 1.54) is 6.08 Å². The van der Waals surface area contributed by atoms with Crippen LogP contribution in [-0.2, 0) is 0 Å². The number of nitrogens with zero attached hydrogens (tertiary/aromatic N) is 1. The number of hydrogen-bond acceptors (Lipinski definition) is 4. The third-order valence-corrected chi connectivity index (χ3v) is 4.23. The Morgan fingerprint density at radius 2 is 2.00 bits per heavy atom. The highest BCUT2D eigenvalue weighted by Crippen LogP contribution is 2.32. The van der Waals surface area contributed by atoms with Crippen LogP contribution in [0.25, 0.3) is 10.8 Å². The number of allylic oxidation sites excluding steroid dienone is 2. The molecule has 2 aromatic carbocycles. The number of phenolic OH excluding ortho intramolecular Hbond substituents is 1. The maximum atomic E-state index is 12.8. The van der Waals surface area contributed by atoms with Crippen molar-refractivity contribution in [3.05, 3.63) is 60.2 Å². The Hall–Kier alpha value is -2.96. The molecule has 0 amide bonds. The molecule has 0 fully saturated rings. The molecule has 0 aromatic heterocycles. The number of nitrogens with one attached hydrogen (secondary N) is 2. The van der Waals surface area contributed by atoms with Crippen LogP contribution >= 0.6 is 0 Å². The highest BCUT2D eigenvalue weighted by molar-refractivity contribution is 6.04. The minimum Gasteiger partial charge on any atom is -0.508 e. The van der Waals surface area contributed by atoms with Crippen LogP contribution in [0, 0.1) is 0 Å². The first-order valence-corrected chi connectivity index (χ1v) is 7.70. The molecule has 2 aliphatic rings. The maximum Gasteiger partial charge on any atom is 0.416 e. The van der Waals surface area contributed by atoms with Gasteiger partial charge >= 0.3 is 6.18 Å². The lowest BCUT2D eigenvalue weighted by molar-refractivity contribution is -0.0887. The van der Waals surface area contributed by atoms with Crippen molar-refractivity contribution >= 4 is 22.4 Å². The van der Waals surface area contributed by atoms with Gasteiger partial charge in [-0.15, -0.1) is 0 Å². The quantitative estimate of drug-likeness (QED) is 0.738. The zero-order valence-electron chi connectivity index (χ0n) is 12.9. The van der Waals surface area contributed by atoms with E-state index in [1.54, 1.807) is 18.2 Å². The first-order chi connectivity index (χ1) is 11.9. The molecule has 2 unspecified atom stereocenters. The molecular formula is C18H14F3N3O. The second-order valence-electron chi connectivity index (χ2n) is 5.95. The number of guanidine groups is 1. The van der Waals surface area contributed by atoms with Gasteiger partial charge in [-0.3, -0.25) is 0 Å². The van der Waals surface area contributed by atoms with Crippen molar-refractivity contribution in [2.45, 2.75) is 18.3 Å². The standard InChI is InChI=1S/C18H14F3N3O/c19-18(20,21)11-5-7-15-16(8-11)24-17(23-15)22-14-3-1-2-10-4-6-12(25)9-13(10)14/h1-9,15-16,25H,(H2,22,23,24). The smallest absolute Gasteiger partial charge is 0.416 e. The molecule has 4 rings (SSSR count). The van der Waals surface area contributed by atoms with Crippen LogP contribution in [0.3, 0.4) is 0 Å². The van der Waals surface area contributed by atoms with Crippen LogP contribution in [-0.4, -0.2) is 29.3 Å². The minimum atomic E-state index is -4.37. The molecule has 1 heterocycles. The SMILES string of the molecule is Oc1ccc2cccc(NC3=NC4C=CC(C(F)(F)F)=CC4N3)c2c1. The van der Waals surface area contributed by atoms with Gasteiger partial charge in [-0.1, -0.05) is 30.4 Å². The Kier molecular flexibility index (Phi) is 3.45. The van der Waals surface area contributed by atoms with Crippen molar-refractivity contribution in [1.82, 2.24) is 5.32 Å². The number of halogens is 3.